The van der Waals surface area contributed by atoms with Gasteiger partial charge in [-0.1, -0.05) is 38.1 Å². The minimum Gasteiger partial charge on any atom is -0.491 e. The predicted molar refractivity (Wildman–Crippen MR) is 155 cm³/mol. The fourth-order valence-electron chi connectivity index (χ4n) is 6.24. The fourth-order valence-corrected chi connectivity index (χ4v) is 6.24. The Morgan fingerprint density at radius 1 is 1.13 bits per heavy atom. The van der Waals surface area contributed by atoms with E-state index in [2.05, 4.69) is 78.4 Å². The second kappa shape index (κ2) is 8.95. The summed E-state index contributed by atoms with van der Waals surface area (Å²) < 4.78 is 8.35. The summed E-state index contributed by atoms with van der Waals surface area (Å²) in [6.07, 6.45) is 1.87. The average Bonchev–Trinajstić information content (AvgIpc) is 3.34. The van der Waals surface area contributed by atoms with Gasteiger partial charge in [0, 0.05) is 24.5 Å². The van der Waals surface area contributed by atoms with Gasteiger partial charge in [0.25, 0.3) is 0 Å². The van der Waals surface area contributed by atoms with E-state index in [1.807, 2.05) is 24.4 Å². The first kappa shape index (κ1) is 23.9. The van der Waals surface area contributed by atoms with E-state index in [0.717, 1.165) is 68.6 Å². The molecule has 1 saturated heterocycles. The number of piperazine rings is 1. The molecule has 2 aromatic heterocycles. The number of anilines is 1. The largest absolute Gasteiger partial charge is 0.491 e. The molecule has 4 heterocycles. The van der Waals surface area contributed by atoms with Crippen LogP contribution in [-0.4, -0.2) is 51.5 Å². The highest BCUT2D eigenvalue weighted by Gasteiger charge is 2.34. The van der Waals surface area contributed by atoms with Crippen LogP contribution in [0.2, 0.25) is 0 Å². The van der Waals surface area contributed by atoms with Crippen LogP contribution < -0.4 is 20.6 Å². The van der Waals surface area contributed by atoms with Gasteiger partial charge in [-0.25, -0.2) is 4.79 Å². The van der Waals surface area contributed by atoms with Gasteiger partial charge < -0.3 is 15.0 Å². The minimum atomic E-state index is -0.279. The van der Waals surface area contributed by atoms with E-state index in [-0.39, 0.29) is 23.7 Å². The van der Waals surface area contributed by atoms with Gasteiger partial charge in [0.1, 0.15) is 18.2 Å². The Balaban J connectivity index is 1.60. The number of hydrogen-bond acceptors (Lipinski definition) is 6. The van der Waals surface area contributed by atoms with Crippen molar-refractivity contribution in [2.75, 3.05) is 24.6 Å². The normalized spacial score (nSPS) is 18.8. The van der Waals surface area contributed by atoms with Gasteiger partial charge in [0.15, 0.2) is 0 Å². The summed E-state index contributed by atoms with van der Waals surface area (Å²) in [5.74, 6) is 1.70. The van der Waals surface area contributed by atoms with E-state index >= 15 is 0 Å². The monoisotopic (exact) mass is 520 g/mol. The summed E-state index contributed by atoms with van der Waals surface area (Å²) in [6.45, 7) is 10.6. The SMILES string of the molecule is Cc1ccc2[nH]ncc2c1-c1cc2c3c(nc(=O)n(-c4ccccc4C(C)C)c3c1)N1C[C@H](C)NC[C@H]1CO2. The van der Waals surface area contributed by atoms with Gasteiger partial charge in [-0.15, -0.1) is 0 Å². The maximum Gasteiger partial charge on any atom is 0.354 e. The number of fused-ring (bicyclic) bond motifs is 3. The molecule has 2 aliphatic rings. The number of para-hydroxylation sites is 1. The van der Waals surface area contributed by atoms with Crippen molar-refractivity contribution in [2.45, 2.75) is 45.7 Å². The Morgan fingerprint density at radius 2 is 1.97 bits per heavy atom. The van der Waals surface area contributed by atoms with Crippen molar-refractivity contribution >= 4 is 27.6 Å². The van der Waals surface area contributed by atoms with Crippen LogP contribution in [0.4, 0.5) is 5.82 Å². The molecule has 8 nitrogen and oxygen atoms in total. The molecule has 0 unspecified atom stereocenters. The molecule has 0 aliphatic carbocycles. The molecule has 0 saturated carbocycles. The first-order valence-electron chi connectivity index (χ1n) is 13.7. The third-order valence-electron chi connectivity index (χ3n) is 8.18. The van der Waals surface area contributed by atoms with E-state index in [9.17, 15) is 4.79 Å². The lowest BCUT2D eigenvalue weighted by atomic mass is 9.95. The zero-order valence-electron chi connectivity index (χ0n) is 22.7. The van der Waals surface area contributed by atoms with E-state index in [1.54, 1.807) is 4.57 Å². The molecule has 7 rings (SSSR count). The first-order chi connectivity index (χ1) is 18.9. The molecule has 0 amide bonds. The van der Waals surface area contributed by atoms with Crippen LogP contribution in [0.3, 0.4) is 0 Å². The maximum absolute atomic E-state index is 14.0. The van der Waals surface area contributed by atoms with Crippen LogP contribution in [0.15, 0.2) is 59.5 Å². The number of benzene rings is 3. The molecule has 39 heavy (non-hydrogen) atoms. The van der Waals surface area contributed by atoms with Crippen molar-refractivity contribution in [3.05, 3.63) is 76.3 Å². The third kappa shape index (κ3) is 3.73. The van der Waals surface area contributed by atoms with Crippen molar-refractivity contribution in [3.63, 3.8) is 0 Å². The molecule has 0 spiro atoms. The lowest BCUT2D eigenvalue weighted by molar-refractivity contribution is 0.263. The van der Waals surface area contributed by atoms with E-state index in [4.69, 9.17) is 9.72 Å². The number of hydrogen-bond donors (Lipinski definition) is 2. The van der Waals surface area contributed by atoms with Crippen molar-refractivity contribution < 1.29 is 4.74 Å². The van der Waals surface area contributed by atoms with Crippen LogP contribution in [0.5, 0.6) is 5.75 Å². The summed E-state index contributed by atoms with van der Waals surface area (Å²) >= 11 is 0. The average molecular weight is 521 g/mol. The maximum atomic E-state index is 14.0. The standard InChI is InChI=1S/C31H32N6O2/c1-17(2)22-7-5-6-8-25(22)37-26-11-20(28-18(3)9-10-24-23(28)14-33-35-24)12-27-29(26)30(34-31(37)38)36-15-19(4)32-13-21(36)16-39-27/h5-12,14,17,19,21,32H,13,15-16H2,1-4H3,(H,33,35)/t19-,21-/m0/s1. The molecule has 2 N–H and O–H groups in total. The first-order valence-corrected chi connectivity index (χ1v) is 13.7. The Kier molecular flexibility index (Phi) is 5.49. The summed E-state index contributed by atoms with van der Waals surface area (Å²) in [6, 6.07) is 16.9. The lowest BCUT2D eigenvalue weighted by Gasteiger charge is -2.38. The lowest BCUT2D eigenvalue weighted by Crippen LogP contribution is -2.57. The van der Waals surface area contributed by atoms with Crippen LogP contribution >= 0.6 is 0 Å². The smallest absolute Gasteiger partial charge is 0.354 e. The molecule has 2 atom stereocenters. The summed E-state index contributed by atoms with van der Waals surface area (Å²) in [5, 5.41) is 12.9. The number of aromatic nitrogens is 4. The number of ether oxygens (including phenoxy) is 1. The van der Waals surface area contributed by atoms with Gasteiger partial charge in [-0.2, -0.15) is 10.1 Å². The van der Waals surface area contributed by atoms with Gasteiger partial charge in [-0.3, -0.25) is 9.67 Å². The van der Waals surface area contributed by atoms with Crippen molar-refractivity contribution in [2.24, 2.45) is 0 Å². The van der Waals surface area contributed by atoms with Crippen molar-refractivity contribution in [3.8, 4) is 22.6 Å². The van der Waals surface area contributed by atoms with Crippen molar-refractivity contribution in [1.82, 2.24) is 25.1 Å². The van der Waals surface area contributed by atoms with Crippen LogP contribution in [0, 0.1) is 6.92 Å². The highest BCUT2D eigenvalue weighted by Crippen LogP contribution is 2.42. The fraction of sp³-hybridized carbons (Fsp3) is 0.323. The van der Waals surface area contributed by atoms with Crippen molar-refractivity contribution in [1.29, 1.82) is 0 Å². The number of aryl methyl sites for hydroxylation is 1. The summed E-state index contributed by atoms with van der Waals surface area (Å²) in [4.78, 5) is 21.1. The molecule has 2 aliphatic heterocycles. The second-order valence-corrected chi connectivity index (χ2v) is 11.2. The van der Waals surface area contributed by atoms with Crippen LogP contribution in [0.1, 0.15) is 37.8 Å². The van der Waals surface area contributed by atoms with Gasteiger partial charge in [0.2, 0.25) is 0 Å². The minimum absolute atomic E-state index is 0.0880. The van der Waals surface area contributed by atoms with E-state index in [0.29, 0.717) is 12.4 Å². The van der Waals surface area contributed by atoms with E-state index < -0.39 is 0 Å². The Hall–Kier alpha value is -4.17. The molecule has 1 fully saturated rings. The molecule has 8 heteroatoms. The van der Waals surface area contributed by atoms with Crippen LogP contribution in [-0.2, 0) is 0 Å². The quantitative estimate of drug-likeness (QED) is 0.351. The molecule has 198 valence electrons. The predicted octanol–water partition coefficient (Wildman–Crippen LogP) is 4.92. The summed E-state index contributed by atoms with van der Waals surface area (Å²) in [7, 11) is 0. The number of nitrogens with one attached hydrogen (secondary N) is 2. The molecular formula is C31H32N6O2. The molecular weight excluding hydrogens is 488 g/mol. The van der Waals surface area contributed by atoms with Gasteiger partial charge >= 0.3 is 5.69 Å². The highest BCUT2D eigenvalue weighted by molar-refractivity contribution is 6.03. The molecule has 3 aromatic carbocycles. The zero-order chi connectivity index (χ0) is 26.8. The van der Waals surface area contributed by atoms with Gasteiger partial charge in [0.05, 0.1) is 34.3 Å². The Bertz CT molecular complexity index is 1800. The number of rotatable bonds is 3. The Labute approximate surface area is 226 Å². The molecule has 5 aromatic rings. The second-order valence-electron chi connectivity index (χ2n) is 11.2. The van der Waals surface area contributed by atoms with Crippen LogP contribution in [0.25, 0.3) is 38.6 Å². The molecule has 0 radical (unpaired) electrons. The summed E-state index contributed by atoms with van der Waals surface area (Å²) in [5.41, 5.74) is 6.64. The highest BCUT2D eigenvalue weighted by atomic mass is 16.5. The van der Waals surface area contributed by atoms with Gasteiger partial charge in [-0.05, 0) is 66.3 Å². The van der Waals surface area contributed by atoms with E-state index in [1.165, 1.54) is 0 Å². The number of nitrogens with zero attached hydrogens (tertiary/aromatic N) is 4. The zero-order valence-corrected chi connectivity index (χ0v) is 22.7. The topological polar surface area (TPSA) is 88.1 Å². The molecule has 0 bridgehead atoms. The number of H-pyrrole nitrogens is 1. The number of aromatic amines is 1. The Morgan fingerprint density at radius 3 is 2.82 bits per heavy atom. The third-order valence-corrected chi connectivity index (χ3v) is 8.18.